The van der Waals surface area contributed by atoms with E-state index in [4.69, 9.17) is 5.11 Å². The molecule has 0 atom stereocenters. The van der Waals surface area contributed by atoms with Gasteiger partial charge >= 0.3 is 0 Å². The maximum Gasteiger partial charge on any atom is 0.0431 e. The summed E-state index contributed by atoms with van der Waals surface area (Å²) in [6.07, 6.45) is 4.11. The predicted octanol–water partition coefficient (Wildman–Crippen LogP) is 1.49. The smallest absolute Gasteiger partial charge is 0.0431 e. The lowest BCUT2D eigenvalue weighted by Crippen LogP contribution is -2.32. The molecule has 0 radical (unpaired) electrons. The summed E-state index contributed by atoms with van der Waals surface area (Å²) in [5.74, 6) is 0. The van der Waals surface area contributed by atoms with Crippen LogP contribution in [0.15, 0.2) is 0 Å². The van der Waals surface area contributed by atoms with Gasteiger partial charge in [-0.3, -0.25) is 0 Å². The first-order chi connectivity index (χ1) is 5.62. The van der Waals surface area contributed by atoms with E-state index in [1.165, 1.54) is 0 Å². The summed E-state index contributed by atoms with van der Waals surface area (Å²) in [6.45, 7) is 6.84. The van der Waals surface area contributed by atoms with Gasteiger partial charge in [-0.1, -0.05) is 0 Å². The molecule has 0 unspecified atom stereocenters. The Morgan fingerprint density at radius 3 is 2.50 bits per heavy atom. The Morgan fingerprint density at radius 2 is 2.00 bits per heavy atom. The molecule has 0 amide bonds. The number of nitrogens with one attached hydrogen (secondary N) is 1. The summed E-state index contributed by atoms with van der Waals surface area (Å²) < 4.78 is 0.333. The Morgan fingerprint density at radius 1 is 1.33 bits per heavy atom. The van der Waals surface area contributed by atoms with Gasteiger partial charge < -0.3 is 10.4 Å². The second kappa shape index (κ2) is 6.75. The van der Waals surface area contributed by atoms with Crippen LogP contribution in [0.25, 0.3) is 0 Å². The van der Waals surface area contributed by atoms with Gasteiger partial charge in [0.1, 0.15) is 0 Å². The van der Waals surface area contributed by atoms with Crippen molar-refractivity contribution < 1.29 is 5.11 Å². The maximum absolute atomic E-state index is 8.54. The molecule has 0 rings (SSSR count). The van der Waals surface area contributed by atoms with E-state index in [-0.39, 0.29) is 0 Å². The molecule has 0 heterocycles. The van der Waals surface area contributed by atoms with Gasteiger partial charge in [0.05, 0.1) is 0 Å². The van der Waals surface area contributed by atoms with Crippen molar-refractivity contribution in [1.29, 1.82) is 0 Å². The van der Waals surface area contributed by atoms with Crippen LogP contribution in [0.2, 0.25) is 0 Å². The number of aliphatic hydroxyl groups excluding tert-OH is 1. The van der Waals surface area contributed by atoms with Crippen molar-refractivity contribution in [2.75, 3.05) is 26.0 Å². The lowest BCUT2D eigenvalue weighted by molar-refractivity contribution is 0.283. The van der Waals surface area contributed by atoms with Crippen molar-refractivity contribution in [3.63, 3.8) is 0 Å². The highest BCUT2D eigenvalue weighted by Gasteiger charge is 2.14. The highest BCUT2D eigenvalue weighted by molar-refractivity contribution is 7.99. The molecule has 0 aromatic rings. The number of rotatable bonds is 7. The van der Waals surface area contributed by atoms with Crippen molar-refractivity contribution >= 4 is 11.8 Å². The van der Waals surface area contributed by atoms with Crippen molar-refractivity contribution in [1.82, 2.24) is 5.32 Å². The van der Waals surface area contributed by atoms with Crippen LogP contribution in [-0.2, 0) is 0 Å². The summed E-state index contributed by atoms with van der Waals surface area (Å²) in [5, 5.41) is 11.9. The van der Waals surface area contributed by atoms with Crippen LogP contribution in [0, 0.1) is 0 Å². The third-order valence-electron chi connectivity index (χ3n) is 1.86. The first kappa shape index (κ1) is 12.3. The number of hydrogen-bond donors (Lipinski definition) is 2. The summed E-state index contributed by atoms with van der Waals surface area (Å²) in [4.78, 5) is 0. The third kappa shape index (κ3) is 6.95. The number of unbranched alkanes of at least 4 members (excludes halogenated alkanes) is 1. The summed E-state index contributed by atoms with van der Waals surface area (Å²) >= 11 is 1.88. The maximum atomic E-state index is 8.54. The molecule has 0 saturated heterocycles. The molecule has 2 N–H and O–H groups in total. The van der Waals surface area contributed by atoms with Crippen LogP contribution in [0.3, 0.4) is 0 Å². The Kier molecular flexibility index (Phi) is 6.90. The van der Waals surface area contributed by atoms with Crippen molar-refractivity contribution in [3.8, 4) is 0 Å². The summed E-state index contributed by atoms with van der Waals surface area (Å²) in [6, 6.07) is 0. The molecule has 0 aliphatic rings. The average Bonchev–Trinajstić information content (AvgIpc) is 2.04. The van der Waals surface area contributed by atoms with E-state index >= 15 is 0 Å². The van der Waals surface area contributed by atoms with E-state index < -0.39 is 0 Å². The number of hydrogen-bond acceptors (Lipinski definition) is 3. The molecule has 3 heteroatoms. The highest BCUT2D eigenvalue weighted by atomic mass is 32.2. The van der Waals surface area contributed by atoms with E-state index in [2.05, 4.69) is 25.4 Å². The molecule has 0 fully saturated rings. The van der Waals surface area contributed by atoms with Crippen molar-refractivity contribution in [2.24, 2.45) is 0 Å². The summed E-state index contributed by atoms with van der Waals surface area (Å²) in [5.41, 5.74) is 0. The van der Waals surface area contributed by atoms with Crippen LogP contribution in [0.1, 0.15) is 26.7 Å². The molecule has 0 aromatic heterocycles. The van der Waals surface area contributed by atoms with Gasteiger partial charge in [-0.25, -0.2) is 0 Å². The van der Waals surface area contributed by atoms with E-state index in [9.17, 15) is 0 Å². The predicted molar refractivity (Wildman–Crippen MR) is 56.8 cm³/mol. The molecule has 0 saturated carbocycles. The lowest BCUT2D eigenvalue weighted by atomic mass is 10.2. The molecule has 0 aliphatic carbocycles. The third-order valence-corrected chi connectivity index (χ3v) is 3.11. The molecule has 0 bridgehead atoms. The normalized spacial score (nSPS) is 12.0. The lowest BCUT2D eigenvalue weighted by Gasteiger charge is -2.22. The van der Waals surface area contributed by atoms with E-state index in [0.29, 0.717) is 11.4 Å². The first-order valence-corrected chi connectivity index (χ1v) is 5.71. The molecular formula is C9H21NOS. The minimum Gasteiger partial charge on any atom is -0.396 e. The van der Waals surface area contributed by atoms with Crippen LogP contribution < -0.4 is 5.32 Å². The van der Waals surface area contributed by atoms with Crippen LogP contribution in [0.4, 0.5) is 0 Å². The quantitative estimate of drug-likeness (QED) is 0.598. The summed E-state index contributed by atoms with van der Waals surface area (Å²) in [7, 11) is 0. The van der Waals surface area contributed by atoms with E-state index in [1.807, 2.05) is 11.8 Å². The van der Waals surface area contributed by atoms with Crippen LogP contribution >= 0.6 is 11.8 Å². The fourth-order valence-electron chi connectivity index (χ4n) is 0.823. The fraction of sp³-hybridized carbons (Fsp3) is 1.00. The molecular weight excluding hydrogens is 170 g/mol. The van der Waals surface area contributed by atoms with Crippen molar-refractivity contribution in [2.45, 2.75) is 31.4 Å². The van der Waals surface area contributed by atoms with Gasteiger partial charge in [0.25, 0.3) is 0 Å². The largest absolute Gasteiger partial charge is 0.396 e. The zero-order valence-electron chi connectivity index (χ0n) is 8.39. The van der Waals surface area contributed by atoms with Gasteiger partial charge in [0.2, 0.25) is 0 Å². The van der Waals surface area contributed by atoms with Gasteiger partial charge in [-0.05, 0) is 39.5 Å². The second-order valence-corrected chi connectivity index (χ2v) is 5.08. The van der Waals surface area contributed by atoms with Crippen LogP contribution in [-0.4, -0.2) is 35.8 Å². The topological polar surface area (TPSA) is 32.3 Å². The second-order valence-electron chi connectivity index (χ2n) is 3.57. The average molecular weight is 191 g/mol. The standard InChI is InChI=1S/C9H21NOS/c1-9(2,12-3)8-10-6-4-5-7-11/h10-11H,4-8H2,1-3H3. The first-order valence-electron chi connectivity index (χ1n) is 4.49. The van der Waals surface area contributed by atoms with Crippen LogP contribution in [0.5, 0.6) is 0 Å². The monoisotopic (exact) mass is 191 g/mol. The Labute approximate surface area is 80.1 Å². The van der Waals surface area contributed by atoms with Gasteiger partial charge in [0.15, 0.2) is 0 Å². The van der Waals surface area contributed by atoms with E-state index in [0.717, 1.165) is 25.9 Å². The SMILES string of the molecule is CSC(C)(C)CNCCCCO. The Hall–Kier alpha value is 0.270. The molecule has 74 valence electrons. The molecule has 12 heavy (non-hydrogen) atoms. The highest BCUT2D eigenvalue weighted by Crippen LogP contribution is 2.19. The Bertz CT molecular complexity index is 107. The molecule has 0 aromatic carbocycles. The van der Waals surface area contributed by atoms with Gasteiger partial charge in [0, 0.05) is 17.9 Å². The van der Waals surface area contributed by atoms with Crippen molar-refractivity contribution in [3.05, 3.63) is 0 Å². The van der Waals surface area contributed by atoms with Gasteiger partial charge in [-0.15, -0.1) is 0 Å². The van der Waals surface area contributed by atoms with Gasteiger partial charge in [-0.2, -0.15) is 11.8 Å². The molecule has 2 nitrogen and oxygen atoms in total. The van der Waals surface area contributed by atoms with E-state index in [1.54, 1.807) is 0 Å². The Balaban J connectivity index is 3.19. The minimum absolute atomic E-state index is 0.313. The number of thioether (sulfide) groups is 1. The molecule has 0 aliphatic heterocycles. The zero-order valence-corrected chi connectivity index (χ0v) is 9.21. The zero-order chi connectivity index (χ0) is 9.45. The fourth-order valence-corrected chi connectivity index (χ4v) is 1.07. The molecule has 0 spiro atoms. The number of aliphatic hydroxyl groups is 1. The minimum atomic E-state index is 0.313.